The Morgan fingerprint density at radius 1 is 1.80 bits per heavy atom. The van der Waals surface area contributed by atoms with Gasteiger partial charge in [-0.2, -0.15) is 0 Å². The fourth-order valence-electron chi connectivity index (χ4n) is 1.00. The summed E-state index contributed by atoms with van der Waals surface area (Å²) in [6.45, 7) is 2.58. The fourth-order valence-corrected chi connectivity index (χ4v) is 2.05. The number of rotatable bonds is 6. The molecular weight excluding hydrogens is 328 g/mol. The number of Topliss-reactive ketones (excluding diaryl/α,β-unsaturated/α-hetero) is 1. The van der Waals surface area contributed by atoms with Gasteiger partial charge < -0.3 is 10.5 Å². The number of hydrogen-bond donors (Lipinski definition) is 1. The summed E-state index contributed by atoms with van der Waals surface area (Å²) >= 11 is 2.19. The molecule has 0 amide bonds. The summed E-state index contributed by atoms with van der Waals surface area (Å²) < 4.78 is 7.09. The molecule has 7 heteroatoms. The summed E-state index contributed by atoms with van der Waals surface area (Å²) in [5, 5.41) is 4.16. The van der Waals surface area contributed by atoms with Crippen molar-refractivity contribution in [2.45, 2.75) is 13.3 Å². The molecule has 0 aliphatic carbocycles. The van der Waals surface area contributed by atoms with Gasteiger partial charge in [-0.05, 0) is 41.9 Å². The first-order chi connectivity index (χ1) is 7.19. The molecule has 1 rings (SSSR count). The van der Waals surface area contributed by atoms with Gasteiger partial charge in [-0.1, -0.05) is 0 Å². The van der Waals surface area contributed by atoms with E-state index in [-0.39, 0.29) is 5.78 Å². The lowest BCUT2D eigenvalue weighted by Gasteiger charge is -2.02. The summed E-state index contributed by atoms with van der Waals surface area (Å²) in [4.78, 5) is 11.3. The van der Waals surface area contributed by atoms with Gasteiger partial charge in [0.1, 0.15) is 0 Å². The van der Waals surface area contributed by atoms with E-state index in [1.54, 1.807) is 10.6 Å². The summed E-state index contributed by atoms with van der Waals surface area (Å²) in [6.07, 6.45) is 2.94. The van der Waals surface area contributed by atoms with Crippen molar-refractivity contribution in [2.75, 3.05) is 13.2 Å². The molecule has 0 saturated heterocycles. The zero-order valence-corrected chi connectivity index (χ0v) is 11.5. The first-order valence-electron chi connectivity index (χ1n) is 4.49. The van der Waals surface area contributed by atoms with Crippen molar-refractivity contribution in [2.24, 2.45) is 5.73 Å². The Hall–Kier alpha value is -0.200. The van der Waals surface area contributed by atoms with E-state index in [0.29, 0.717) is 31.0 Å². The highest BCUT2D eigenvalue weighted by atomic mass is 127. The van der Waals surface area contributed by atoms with Gasteiger partial charge >= 0.3 is 0 Å². The van der Waals surface area contributed by atoms with E-state index in [9.17, 15) is 4.79 Å². The van der Waals surface area contributed by atoms with Crippen LogP contribution in [0.1, 0.15) is 23.7 Å². The monoisotopic (exact) mass is 341 g/mol. The number of aromatic nitrogens is 2. The molecule has 1 aromatic heterocycles. The number of carbonyl (C=O) groups excluding carboxylic acids is 1. The van der Waals surface area contributed by atoms with Crippen molar-refractivity contribution in [1.29, 1.82) is 0 Å². The van der Waals surface area contributed by atoms with Gasteiger partial charge in [-0.15, -0.1) is 5.10 Å². The molecule has 84 valence electrons. The minimum absolute atomic E-state index is 0.0290. The van der Waals surface area contributed by atoms with Gasteiger partial charge in [0.15, 0.2) is 5.78 Å². The van der Waals surface area contributed by atoms with E-state index < -0.39 is 0 Å². The minimum Gasteiger partial charge on any atom is -0.476 e. The minimum atomic E-state index is -0.0290. The lowest BCUT2D eigenvalue weighted by atomic mass is 10.2. The topological polar surface area (TPSA) is 70.1 Å². The van der Waals surface area contributed by atoms with Crippen molar-refractivity contribution >= 4 is 34.2 Å². The van der Waals surface area contributed by atoms with Crippen LogP contribution in [0.15, 0.2) is 6.20 Å². The highest BCUT2D eigenvalue weighted by molar-refractivity contribution is 14.2. The second kappa shape index (κ2) is 6.40. The zero-order chi connectivity index (χ0) is 11.3. The molecule has 0 bridgehead atoms. The van der Waals surface area contributed by atoms with E-state index in [1.165, 1.54) is 6.92 Å². The van der Waals surface area contributed by atoms with Crippen molar-refractivity contribution in [3.8, 4) is 5.88 Å². The standard InChI is InChI=1S/C8H13IN3O2P/c1-6(13)7-5-12(15-9)11-8(7)14-4-2-3-10/h5,15H,2-4,10H2,1H3. The van der Waals surface area contributed by atoms with E-state index in [2.05, 4.69) is 27.1 Å². The lowest BCUT2D eigenvalue weighted by molar-refractivity contribution is 0.101. The number of nitrogens with two attached hydrogens (primary N) is 1. The molecule has 0 aliphatic rings. The molecular formula is C8H13IN3O2P. The summed E-state index contributed by atoms with van der Waals surface area (Å²) in [6, 6.07) is 0. The third kappa shape index (κ3) is 3.70. The van der Waals surface area contributed by atoms with Gasteiger partial charge in [0, 0.05) is 6.20 Å². The molecule has 15 heavy (non-hydrogen) atoms. The Bertz CT molecular complexity index is 343. The predicted octanol–water partition coefficient (Wildman–Crippen LogP) is 1.60. The first-order valence-corrected chi connectivity index (χ1v) is 8.55. The second-order valence-electron chi connectivity index (χ2n) is 2.92. The van der Waals surface area contributed by atoms with Gasteiger partial charge in [-0.3, -0.25) is 4.79 Å². The molecule has 1 unspecified atom stereocenters. The molecule has 0 aromatic carbocycles. The number of hydrogen-bond acceptors (Lipinski definition) is 4. The van der Waals surface area contributed by atoms with Crippen LogP contribution in [0.25, 0.3) is 0 Å². The summed E-state index contributed by atoms with van der Waals surface area (Å²) in [7, 11) is 0. The van der Waals surface area contributed by atoms with E-state index >= 15 is 0 Å². The van der Waals surface area contributed by atoms with Crippen molar-refractivity contribution in [3.05, 3.63) is 11.8 Å². The average Bonchev–Trinajstić information content (AvgIpc) is 2.62. The third-order valence-corrected chi connectivity index (χ3v) is 3.62. The Labute approximate surface area is 103 Å². The number of halogens is 1. The third-order valence-electron chi connectivity index (χ3n) is 1.73. The van der Waals surface area contributed by atoms with Crippen LogP contribution >= 0.6 is 28.4 Å². The average molecular weight is 341 g/mol. The maximum atomic E-state index is 11.3. The maximum Gasteiger partial charge on any atom is 0.244 e. The van der Waals surface area contributed by atoms with Crippen LogP contribution in [-0.4, -0.2) is 28.5 Å². The van der Waals surface area contributed by atoms with Crippen molar-refractivity contribution in [1.82, 2.24) is 9.55 Å². The molecule has 0 aliphatic heterocycles. The molecule has 1 aromatic rings. The van der Waals surface area contributed by atoms with Crippen LogP contribution in [0, 0.1) is 0 Å². The number of carbonyl (C=O) groups is 1. The lowest BCUT2D eigenvalue weighted by Crippen LogP contribution is -2.07. The van der Waals surface area contributed by atoms with Crippen molar-refractivity contribution in [3.63, 3.8) is 0 Å². The van der Waals surface area contributed by atoms with E-state index in [1.807, 2.05) is 0 Å². The van der Waals surface area contributed by atoms with Gasteiger partial charge in [0.2, 0.25) is 5.88 Å². The fraction of sp³-hybridized carbons (Fsp3) is 0.500. The SMILES string of the molecule is CC(=O)c1cn(PI)nc1OCCCN. The Morgan fingerprint density at radius 3 is 3.07 bits per heavy atom. The maximum absolute atomic E-state index is 11.3. The molecule has 5 nitrogen and oxygen atoms in total. The molecule has 1 heterocycles. The molecule has 0 radical (unpaired) electrons. The van der Waals surface area contributed by atoms with E-state index in [0.717, 1.165) is 6.42 Å². The summed E-state index contributed by atoms with van der Waals surface area (Å²) in [5.41, 5.74) is 5.89. The number of ether oxygens (including phenoxy) is 1. The van der Waals surface area contributed by atoms with Crippen LogP contribution < -0.4 is 10.5 Å². The number of ketones is 1. The molecule has 0 spiro atoms. The zero-order valence-electron chi connectivity index (χ0n) is 8.36. The number of nitrogens with zero attached hydrogens (tertiary/aromatic N) is 2. The molecule has 1 atom stereocenters. The Kier molecular flexibility index (Phi) is 5.49. The van der Waals surface area contributed by atoms with Crippen LogP contribution in [0.3, 0.4) is 0 Å². The smallest absolute Gasteiger partial charge is 0.244 e. The molecule has 0 saturated carbocycles. The Balaban J connectivity index is 2.75. The van der Waals surface area contributed by atoms with Gasteiger partial charge in [0.25, 0.3) is 0 Å². The first kappa shape index (κ1) is 12.9. The van der Waals surface area contributed by atoms with Crippen LogP contribution in [0.5, 0.6) is 5.88 Å². The van der Waals surface area contributed by atoms with Crippen LogP contribution in [0.4, 0.5) is 0 Å². The highest BCUT2D eigenvalue weighted by Crippen LogP contribution is 2.27. The predicted molar refractivity (Wildman–Crippen MR) is 69.1 cm³/mol. The quantitative estimate of drug-likeness (QED) is 0.369. The van der Waals surface area contributed by atoms with Crippen LogP contribution in [-0.2, 0) is 0 Å². The normalized spacial score (nSPS) is 11.1. The Morgan fingerprint density at radius 2 is 2.53 bits per heavy atom. The van der Waals surface area contributed by atoms with Crippen molar-refractivity contribution < 1.29 is 9.53 Å². The highest BCUT2D eigenvalue weighted by Gasteiger charge is 2.13. The van der Waals surface area contributed by atoms with E-state index in [4.69, 9.17) is 10.5 Å². The molecule has 2 N–H and O–H groups in total. The largest absolute Gasteiger partial charge is 0.476 e. The van der Waals surface area contributed by atoms with Gasteiger partial charge in [0.05, 0.1) is 18.5 Å². The summed E-state index contributed by atoms with van der Waals surface area (Å²) in [5.74, 6) is 0.388. The van der Waals surface area contributed by atoms with Crippen LogP contribution in [0.2, 0.25) is 0 Å². The second-order valence-corrected chi connectivity index (χ2v) is 5.00. The molecule has 0 fully saturated rings. The van der Waals surface area contributed by atoms with Gasteiger partial charge in [-0.25, -0.2) is 4.45 Å².